The fourth-order valence-electron chi connectivity index (χ4n) is 3.32. The number of fused-ring (bicyclic) bond motifs is 2. The summed E-state index contributed by atoms with van der Waals surface area (Å²) < 4.78 is 29.9. The molecule has 0 unspecified atom stereocenters. The fraction of sp³-hybridized carbons (Fsp3) is 0.562. The highest BCUT2D eigenvalue weighted by Crippen LogP contribution is 2.41. The zero-order valence-corrected chi connectivity index (χ0v) is 12.1. The Hall–Kier alpha value is -1.46. The number of carbonyl (C=O) groups excluding carboxylic acids is 1. The van der Waals surface area contributed by atoms with Crippen molar-refractivity contribution in [3.8, 4) is 0 Å². The Balaban J connectivity index is 2.04. The van der Waals surface area contributed by atoms with Gasteiger partial charge in [0.15, 0.2) is 0 Å². The summed E-state index contributed by atoms with van der Waals surface area (Å²) in [6, 6.07) is 3.02. The van der Waals surface area contributed by atoms with Gasteiger partial charge < -0.3 is 14.2 Å². The molecule has 0 aromatic heterocycles. The maximum Gasteiger partial charge on any atom is 0.309 e. The summed E-state index contributed by atoms with van der Waals surface area (Å²) in [7, 11) is 1.34. The van der Waals surface area contributed by atoms with E-state index < -0.39 is 0 Å². The van der Waals surface area contributed by atoms with E-state index in [2.05, 4.69) is 0 Å². The third kappa shape index (κ3) is 2.68. The van der Waals surface area contributed by atoms with Gasteiger partial charge in [0.2, 0.25) is 0 Å². The Morgan fingerprint density at radius 1 is 1.33 bits per heavy atom. The molecule has 0 bridgehead atoms. The maximum absolute atomic E-state index is 14.0. The normalized spacial score (nSPS) is 20.1. The van der Waals surface area contributed by atoms with Crippen LogP contribution in [0.4, 0.5) is 4.39 Å². The van der Waals surface area contributed by atoms with E-state index in [4.69, 9.17) is 14.2 Å². The van der Waals surface area contributed by atoms with Gasteiger partial charge in [0.05, 0.1) is 26.7 Å². The van der Waals surface area contributed by atoms with Gasteiger partial charge in [-0.1, -0.05) is 0 Å². The van der Waals surface area contributed by atoms with Crippen molar-refractivity contribution in [2.45, 2.75) is 31.3 Å². The molecule has 0 saturated carbocycles. The van der Waals surface area contributed by atoms with Gasteiger partial charge in [0.1, 0.15) is 5.82 Å². The number of rotatable bonds is 2. The molecule has 2 heterocycles. The summed E-state index contributed by atoms with van der Waals surface area (Å²) in [6.07, 6.45) is 1.72. The van der Waals surface area contributed by atoms with E-state index in [-0.39, 0.29) is 23.6 Å². The first-order valence-electron chi connectivity index (χ1n) is 7.19. The van der Waals surface area contributed by atoms with Crippen LogP contribution in [-0.4, -0.2) is 32.9 Å². The second kappa shape index (κ2) is 5.73. The summed E-state index contributed by atoms with van der Waals surface area (Å²) in [5.41, 5.74) is 2.41. The number of methoxy groups -OCH3 is 1. The van der Waals surface area contributed by atoms with Gasteiger partial charge in [0, 0.05) is 18.6 Å². The molecule has 0 N–H and O–H groups in total. The fourth-order valence-corrected chi connectivity index (χ4v) is 3.32. The van der Waals surface area contributed by atoms with Gasteiger partial charge in [-0.2, -0.15) is 0 Å². The Kier molecular flexibility index (Phi) is 3.95. The lowest BCUT2D eigenvalue weighted by Gasteiger charge is -2.42. The number of esters is 1. The molecule has 21 heavy (non-hydrogen) atoms. The standard InChI is InChI=1S/C16H19FO4/c1-19-15(18)7-11-6-12(17)8-14-13(11)9-21-10-16(14)2-4-20-5-3-16/h6,8H,2-5,7,9-10H2,1H3. The summed E-state index contributed by atoms with van der Waals surface area (Å²) in [6.45, 7) is 2.33. The topological polar surface area (TPSA) is 44.8 Å². The monoisotopic (exact) mass is 294 g/mol. The molecule has 1 spiro atoms. The van der Waals surface area contributed by atoms with Gasteiger partial charge in [-0.15, -0.1) is 0 Å². The van der Waals surface area contributed by atoms with Gasteiger partial charge in [-0.05, 0) is 41.7 Å². The van der Waals surface area contributed by atoms with Crippen LogP contribution in [-0.2, 0) is 37.4 Å². The molecule has 5 heteroatoms. The van der Waals surface area contributed by atoms with Crippen LogP contribution >= 0.6 is 0 Å². The predicted octanol–water partition coefficient (Wildman–Crippen LogP) is 2.12. The Bertz CT molecular complexity index is 549. The molecular formula is C16H19FO4. The summed E-state index contributed by atoms with van der Waals surface area (Å²) in [5, 5.41) is 0. The molecule has 1 aromatic rings. The van der Waals surface area contributed by atoms with E-state index in [0.717, 1.165) is 24.0 Å². The largest absolute Gasteiger partial charge is 0.469 e. The van der Waals surface area contributed by atoms with Crippen molar-refractivity contribution in [3.63, 3.8) is 0 Å². The smallest absolute Gasteiger partial charge is 0.309 e. The molecule has 0 radical (unpaired) electrons. The summed E-state index contributed by atoms with van der Waals surface area (Å²) in [4.78, 5) is 11.5. The van der Waals surface area contributed by atoms with Crippen molar-refractivity contribution in [3.05, 3.63) is 34.6 Å². The first kappa shape index (κ1) is 14.5. The predicted molar refractivity (Wildman–Crippen MR) is 73.5 cm³/mol. The molecule has 2 aliphatic heterocycles. The van der Waals surface area contributed by atoms with E-state index >= 15 is 0 Å². The zero-order chi connectivity index (χ0) is 14.9. The average Bonchev–Trinajstić information content (AvgIpc) is 2.49. The second-order valence-electron chi connectivity index (χ2n) is 5.73. The lowest BCUT2D eigenvalue weighted by Crippen LogP contribution is -2.42. The van der Waals surface area contributed by atoms with E-state index in [1.807, 2.05) is 0 Å². The van der Waals surface area contributed by atoms with Crippen molar-refractivity contribution >= 4 is 5.97 Å². The number of hydrogen-bond donors (Lipinski definition) is 0. The molecule has 1 fully saturated rings. The van der Waals surface area contributed by atoms with Crippen LogP contribution < -0.4 is 0 Å². The summed E-state index contributed by atoms with van der Waals surface area (Å²) in [5.74, 6) is -0.671. The Morgan fingerprint density at radius 3 is 2.81 bits per heavy atom. The number of hydrogen-bond acceptors (Lipinski definition) is 4. The van der Waals surface area contributed by atoms with Crippen LogP contribution in [0.1, 0.15) is 29.5 Å². The van der Waals surface area contributed by atoms with Crippen LogP contribution in [0.15, 0.2) is 12.1 Å². The lowest BCUT2D eigenvalue weighted by atomic mass is 9.71. The van der Waals surface area contributed by atoms with Crippen molar-refractivity contribution in [2.24, 2.45) is 0 Å². The SMILES string of the molecule is COC(=O)Cc1cc(F)cc2c1COCC21CCOCC1. The molecule has 1 saturated heterocycles. The minimum Gasteiger partial charge on any atom is -0.469 e. The molecule has 0 amide bonds. The highest BCUT2D eigenvalue weighted by atomic mass is 19.1. The molecule has 4 nitrogen and oxygen atoms in total. The third-order valence-electron chi connectivity index (χ3n) is 4.52. The van der Waals surface area contributed by atoms with E-state index in [9.17, 15) is 9.18 Å². The summed E-state index contributed by atoms with van der Waals surface area (Å²) >= 11 is 0. The average molecular weight is 294 g/mol. The van der Waals surface area contributed by atoms with Crippen LogP contribution in [0.25, 0.3) is 0 Å². The highest BCUT2D eigenvalue weighted by Gasteiger charge is 2.40. The molecule has 2 aliphatic rings. The lowest BCUT2D eigenvalue weighted by molar-refractivity contribution is -0.139. The molecule has 0 aliphatic carbocycles. The highest BCUT2D eigenvalue weighted by molar-refractivity contribution is 5.73. The minimum atomic E-state index is -0.366. The van der Waals surface area contributed by atoms with Crippen molar-refractivity contribution in [1.82, 2.24) is 0 Å². The molecule has 3 rings (SSSR count). The molecule has 0 atom stereocenters. The number of halogens is 1. The molecular weight excluding hydrogens is 275 g/mol. The Morgan fingerprint density at radius 2 is 2.10 bits per heavy atom. The number of benzene rings is 1. The maximum atomic E-state index is 14.0. The second-order valence-corrected chi connectivity index (χ2v) is 5.73. The van der Waals surface area contributed by atoms with Crippen molar-refractivity contribution in [2.75, 3.05) is 26.9 Å². The van der Waals surface area contributed by atoms with E-state index in [1.165, 1.54) is 13.2 Å². The molecule has 114 valence electrons. The van der Waals surface area contributed by atoms with E-state index in [0.29, 0.717) is 32.0 Å². The van der Waals surface area contributed by atoms with Gasteiger partial charge in [-0.3, -0.25) is 4.79 Å². The first-order chi connectivity index (χ1) is 10.1. The van der Waals surface area contributed by atoms with Crippen molar-refractivity contribution < 1.29 is 23.4 Å². The number of ether oxygens (including phenoxy) is 3. The van der Waals surface area contributed by atoms with Crippen LogP contribution in [0, 0.1) is 5.82 Å². The Labute approximate surface area is 123 Å². The minimum absolute atomic E-state index is 0.0759. The first-order valence-corrected chi connectivity index (χ1v) is 7.19. The van der Waals surface area contributed by atoms with Crippen molar-refractivity contribution in [1.29, 1.82) is 0 Å². The van der Waals surface area contributed by atoms with Crippen LogP contribution in [0.5, 0.6) is 0 Å². The van der Waals surface area contributed by atoms with E-state index in [1.54, 1.807) is 6.07 Å². The quantitative estimate of drug-likeness (QED) is 0.784. The molecule has 1 aromatic carbocycles. The zero-order valence-electron chi connectivity index (χ0n) is 12.1. The van der Waals surface area contributed by atoms with Gasteiger partial charge in [0.25, 0.3) is 0 Å². The number of carbonyl (C=O) groups is 1. The van der Waals surface area contributed by atoms with Crippen LogP contribution in [0.3, 0.4) is 0 Å². The third-order valence-corrected chi connectivity index (χ3v) is 4.52. The van der Waals surface area contributed by atoms with Gasteiger partial charge >= 0.3 is 5.97 Å². The van der Waals surface area contributed by atoms with Crippen LogP contribution in [0.2, 0.25) is 0 Å². The van der Waals surface area contributed by atoms with Gasteiger partial charge in [-0.25, -0.2) is 4.39 Å².